The molecular weight excluding hydrogens is 249 g/mol. The molecule has 0 radical (unpaired) electrons. The Bertz CT molecular complexity index is 619. The molecule has 2 heteroatoms. The minimum atomic E-state index is -0.133. The summed E-state index contributed by atoms with van der Waals surface area (Å²) in [5.41, 5.74) is 6.02. The highest BCUT2D eigenvalue weighted by atomic mass is 19.1. The van der Waals surface area contributed by atoms with E-state index < -0.39 is 0 Å². The van der Waals surface area contributed by atoms with Crippen LogP contribution in [-0.4, -0.2) is 0 Å². The Kier molecular flexibility index (Phi) is 3.72. The van der Waals surface area contributed by atoms with E-state index in [1.165, 1.54) is 42.5 Å². The van der Waals surface area contributed by atoms with E-state index in [4.69, 9.17) is 0 Å². The van der Waals surface area contributed by atoms with Gasteiger partial charge in [-0.1, -0.05) is 24.3 Å². The third kappa shape index (κ3) is 2.69. The summed E-state index contributed by atoms with van der Waals surface area (Å²) < 4.78 is 13.3. The van der Waals surface area contributed by atoms with Crippen molar-refractivity contribution in [1.82, 2.24) is 0 Å². The van der Waals surface area contributed by atoms with Crippen LogP contribution >= 0.6 is 0 Å². The van der Waals surface area contributed by atoms with E-state index in [9.17, 15) is 4.39 Å². The summed E-state index contributed by atoms with van der Waals surface area (Å²) in [4.78, 5) is 0. The van der Waals surface area contributed by atoms with Gasteiger partial charge in [0.05, 0.1) is 0 Å². The third-order valence-electron chi connectivity index (χ3n) is 4.10. The molecule has 0 spiro atoms. The molecule has 104 valence electrons. The van der Waals surface area contributed by atoms with Gasteiger partial charge in [0.25, 0.3) is 0 Å². The second-order valence-electron chi connectivity index (χ2n) is 5.59. The molecule has 0 unspecified atom stereocenters. The van der Waals surface area contributed by atoms with Crippen LogP contribution in [0.4, 0.5) is 10.1 Å². The normalized spacial score (nSPS) is 13.9. The summed E-state index contributed by atoms with van der Waals surface area (Å²) in [6.07, 6.45) is 4.94. The van der Waals surface area contributed by atoms with Crippen LogP contribution in [0.25, 0.3) is 0 Å². The summed E-state index contributed by atoms with van der Waals surface area (Å²) in [7, 11) is 0. The summed E-state index contributed by atoms with van der Waals surface area (Å²) in [6.45, 7) is 2.56. The number of anilines is 1. The molecule has 0 fully saturated rings. The standard InChI is InChI=1S/C18H20FN/c1-13-11-14(9-10-17(13)19)12-20-18-8-4-6-15-5-2-3-7-16(15)18/h4,6,8-11,20H,2-3,5,7,12H2,1H3. The first-order valence-electron chi connectivity index (χ1n) is 7.34. The van der Waals surface area contributed by atoms with Crippen molar-refractivity contribution < 1.29 is 4.39 Å². The van der Waals surface area contributed by atoms with Gasteiger partial charge in [-0.2, -0.15) is 0 Å². The van der Waals surface area contributed by atoms with Gasteiger partial charge in [0, 0.05) is 12.2 Å². The number of nitrogens with one attached hydrogen (secondary N) is 1. The number of halogens is 1. The Balaban J connectivity index is 1.76. The molecule has 0 saturated carbocycles. The monoisotopic (exact) mass is 269 g/mol. The van der Waals surface area contributed by atoms with E-state index in [-0.39, 0.29) is 5.82 Å². The Morgan fingerprint density at radius 1 is 1.10 bits per heavy atom. The first kappa shape index (κ1) is 13.2. The van der Waals surface area contributed by atoms with Crippen molar-refractivity contribution >= 4 is 5.69 Å². The molecule has 0 aliphatic heterocycles. The molecular formula is C18H20FN. The lowest BCUT2D eigenvalue weighted by atomic mass is 9.90. The molecule has 1 nitrogen and oxygen atoms in total. The van der Waals surface area contributed by atoms with Gasteiger partial charge in [-0.05, 0) is 67.0 Å². The van der Waals surface area contributed by atoms with Crippen molar-refractivity contribution in [3.8, 4) is 0 Å². The molecule has 1 aliphatic carbocycles. The molecule has 0 saturated heterocycles. The zero-order valence-corrected chi connectivity index (χ0v) is 11.9. The number of aryl methyl sites for hydroxylation is 2. The van der Waals surface area contributed by atoms with Gasteiger partial charge in [-0.25, -0.2) is 4.39 Å². The zero-order chi connectivity index (χ0) is 13.9. The molecule has 2 aromatic rings. The second-order valence-corrected chi connectivity index (χ2v) is 5.59. The molecule has 0 aromatic heterocycles. The Morgan fingerprint density at radius 3 is 2.80 bits per heavy atom. The minimum Gasteiger partial charge on any atom is -0.381 e. The fourth-order valence-corrected chi connectivity index (χ4v) is 2.96. The lowest BCUT2D eigenvalue weighted by Gasteiger charge is -2.20. The fourth-order valence-electron chi connectivity index (χ4n) is 2.96. The van der Waals surface area contributed by atoms with Crippen molar-refractivity contribution in [2.45, 2.75) is 39.2 Å². The van der Waals surface area contributed by atoms with Crippen molar-refractivity contribution in [2.75, 3.05) is 5.32 Å². The maximum Gasteiger partial charge on any atom is 0.126 e. The van der Waals surface area contributed by atoms with Gasteiger partial charge in [-0.15, -0.1) is 0 Å². The fraction of sp³-hybridized carbons (Fsp3) is 0.333. The van der Waals surface area contributed by atoms with Crippen LogP contribution in [0.5, 0.6) is 0 Å². The lowest BCUT2D eigenvalue weighted by molar-refractivity contribution is 0.617. The highest BCUT2D eigenvalue weighted by Gasteiger charge is 2.12. The van der Waals surface area contributed by atoms with Crippen LogP contribution in [0.15, 0.2) is 36.4 Å². The van der Waals surface area contributed by atoms with Crippen LogP contribution in [0.2, 0.25) is 0 Å². The maximum atomic E-state index is 13.3. The van der Waals surface area contributed by atoms with Crippen LogP contribution < -0.4 is 5.32 Å². The molecule has 2 aromatic carbocycles. The Morgan fingerprint density at radius 2 is 1.95 bits per heavy atom. The third-order valence-corrected chi connectivity index (χ3v) is 4.10. The SMILES string of the molecule is Cc1cc(CNc2cccc3c2CCCC3)ccc1F. The lowest BCUT2D eigenvalue weighted by Crippen LogP contribution is -2.08. The van der Waals surface area contributed by atoms with E-state index in [1.54, 1.807) is 6.07 Å². The summed E-state index contributed by atoms with van der Waals surface area (Å²) in [5.74, 6) is -0.133. The number of fused-ring (bicyclic) bond motifs is 1. The number of rotatable bonds is 3. The van der Waals surface area contributed by atoms with Crippen LogP contribution in [0, 0.1) is 12.7 Å². The molecule has 1 aliphatic rings. The van der Waals surface area contributed by atoms with Crippen LogP contribution in [0.3, 0.4) is 0 Å². The average Bonchev–Trinajstić information content (AvgIpc) is 2.48. The Hall–Kier alpha value is -1.83. The molecule has 0 atom stereocenters. The minimum absolute atomic E-state index is 0.133. The van der Waals surface area contributed by atoms with E-state index in [0.29, 0.717) is 5.56 Å². The molecule has 1 N–H and O–H groups in total. The van der Waals surface area contributed by atoms with Crippen molar-refractivity contribution in [1.29, 1.82) is 0 Å². The van der Waals surface area contributed by atoms with Gasteiger partial charge in [0.2, 0.25) is 0 Å². The quantitative estimate of drug-likeness (QED) is 0.857. The van der Waals surface area contributed by atoms with Crippen LogP contribution in [-0.2, 0) is 19.4 Å². The molecule has 0 heterocycles. The molecule has 0 amide bonds. The van der Waals surface area contributed by atoms with Crippen molar-refractivity contribution in [3.63, 3.8) is 0 Å². The van der Waals surface area contributed by atoms with Crippen molar-refractivity contribution in [2.24, 2.45) is 0 Å². The summed E-state index contributed by atoms with van der Waals surface area (Å²) >= 11 is 0. The molecule has 20 heavy (non-hydrogen) atoms. The van der Waals surface area contributed by atoms with Gasteiger partial charge in [0.1, 0.15) is 5.82 Å². The van der Waals surface area contributed by atoms with Gasteiger partial charge in [0.15, 0.2) is 0 Å². The molecule has 0 bridgehead atoms. The van der Waals surface area contributed by atoms with E-state index >= 15 is 0 Å². The van der Waals surface area contributed by atoms with Gasteiger partial charge < -0.3 is 5.32 Å². The van der Waals surface area contributed by atoms with E-state index in [2.05, 4.69) is 23.5 Å². The summed E-state index contributed by atoms with van der Waals surface area (Å²) in [5, 5.41) is 3.51. The smallest absolute Gasteiger partial charge is 0.126 e. The van der Waals surface area contributed by atoms with Crippen LogP contribution in [0.1, 0.15) is 35.1 Å². The maximum absolute atomic E-state index is 13.3. The predicted octanol–water partition coefficient (Wildman–Crippen LogP) is 4.63. The van der Waals surface area contributed by atoms with Gasteiger partial charge in [-0.3, -0.25) is 0 Å². The number of hydrogen-bond donors (Lipinski definition) is 1. The highest BCUT2D eigenvalue weighted by molar-refractivity contribution is 5.55. The van der Waals surface area contributed by atoms with E-state index in [0.717, 1.165) is 12.1 Å². The highest BCUT2D eigenvalue weighted by Crippen LogP contribution is 2.28. The second kappa shape index (κ2) is 5.66. The topological polar surface area (TPSA) is 12.0 Å². The van der Waals surface area contributed by atoms with Crippen molar-refractivity contribution in [3.05, 3.63) is 64.5 Å². The summed E-state index contributed by atoms with van der Waals surface area (Å²) in [6, 6.07) is 11.8. The number of benzene rings is 2. The zero-order valence-electron chi connectivity index (χ0n) is 11.9. The van der Waals surface area contributed by atoms with E-state index in [1.807, 2.05) is 19.1 Å². The first-order valence-corrected chi connectivity index (χ1v) is 7.34. The largest absolute Gasteiger partial charge is 0.381 e. The van der Waals surface area contributed by atoms with Gasteiger partial charge >= 0.3 is 0 Å². The first-order chi connectivity index (χ1) is 9.74. The Labute approximate surface area is 119 Å². The molecule has 3 rings (SSSR count). The average molecular weight is 269 g/mol. The predicted molar refractivity (Wildman–Crippen MR) is 81.5 cm³/mol. The number of hydrogen-bond acceptors (Lipinski definition) is 1.